The highest BCUT2D eigenvalue weighted by molar-refractivity contribution is 6.07. The number of anilines is 3. The fourth-order valence-corrected chi connectivity index (χ4v) is 8.06. The van der Waals surface area contributed by atoms with Crippen LogP contribution in [0.15, 0.2) is 229 Å². The standard InChI is InChI=1S/C54H37NO/c1-3-16-38(17-4-1)39-30-34-43(35-31-39)55(44-36-32-42(33-37-44)46-27-15-21-41-20-7-8-22-45(41)46)51-28-13-11-25-49(51)54-53(50-26-12-14-29-52(50)56-54)48-24-10-9-23-47(48)40-18-5-2-6-19-40/h1-37H. The first-order valence-electron chi connectivity index (χ1n) is 19.1. The Kier molecular flexibility index (Phi) is 8.55. The Labute approximate surface area is 327 Å². The fraction of sp³-hybridized carbons (Fsp3) is 0. The Hall–Kier alpha value is -7.42. The molecule has 0 saturated carbocycles. The van der Waals surface area contributed by atoms with Crippen molar-refractivity contribution in [3.05, 3.63) is 224 Å². The molecule has 0 bridgehead atoms. The summed E-state index contributed by atoms with van der Waals surface area (Å²) in [6.07, 6.45) is 0. The zero-order valence-electron chi connectivity index (χ0n) is 30.7. The van der Waals surface area contributed by atoms with Crippen LogP contribution < -0.4 is 4.90 Å². The molecule has 10 rings (SSSR count). The summed E-state index contributed by atoms with van der Waals surface area (Å²) < 4.78 is 6.96. The molecule has 56 heavy (non-hydrogen) atoms. The highest BCUT2D eigenvalue weighted by Crippen LogP contribution is 2.49. The molecule has 0 saturated heterocycles. The second-order valence-corrected chi connectivity index (χ2v) is 14.1. The lowest BCUT2D eigenvalue weighted by Crippen LogP contribution is -2.11. The summed E-state index contributed by atoms with van der Waals surface area (Å²) in [7, 11) is 0. The molecule has 0 amide bonds. The largest absolute Gasteiger partial charge is 0.455 e. The Bertz CT molecular complexity index is 2940. The van der Waals surface area contributed by atoms with Crippen molar-refractivity contribution in [1.29, 1.82) is 0 Å². The molecule has 0 aliphatic heterocycles. The molecule has 0 spiro atoms. The number of hydrogen-bond donors (Lipinski definition) is 0. The molecule has 10 aromatic rings. The van der Waals surface area contributed by atoms with Gasteiger partial charge in [-0.05, 0) is 92.2 Å². The van der Waals surface area contributed by atoms with Gasteiger partial charge in [0.25, 0.3) is 0 Å². The van der Waals surface area contributed by atoms with E-state index in [4.69, 9.17) is 4.42 Å². The van der Waals surface area contributed by atoms with E-state index in [1.165, 1.54) is 38.6 Å². The van der Waals surface area contributed by atoms with Gasteiger partial charge in [-0.25, -0.2) is 0 Å². The van der Waals surface area contributed by atoms with Crippen molar-refractivity contribution in [2.24, 2.45) is 0 Å². The quantitative estimate of drug-likeness (QED) is 0.156. The van der Waals surface area contributed by atoms with Crippen LogP contribution in [0.4, 0.5) is 17.1 Å². The normalized spacial score (nSPS) is 11.2. The van der Waals surface area contributed by atoms with E-state index in [9.17, 15) is 0 Å². The summed E-state index contributed by atoms with van der Waals surface area (Å²) in [5.41, 5.74) is 14.3. The lowest BCUT2D eigenvalue weighted by Gasteiger charge is -2.28. The maximum absolute atomic E-state index is 6.96. The summed E-state index contributed by atoms with van der Waals surface area (Å²) in [4.78, 5) is 2.36. The molecule has 0 unspecified atom stereocenters. The minimum Gasteiger partial charge on any atom is -0.455 e. The van der Waals surface area contributed by atoms with Gasteiger partial charge in [0.15, 0.2) is 0 Å². The van der Waals surface area contributed by atoms with Crippen LogP contribution >= 0.6 is 0 Å². The average Bonchev–Trinajstić information content (AvgIpc) is 3.67. The summed E-state index contributed by atoms with van der Waals surface area (Å²) in [5.74, 6) is 0.837. The summed E-state index contributed by atoms with van der Waals surface area (Å²) in [6, 6.07) is 79.8. The second-order valence-electron chi connectivity index (χ2n) is 14.1. The van der Waals surface area contributed by atoms with Crippen LogP contribution in [0, 0.1) is 0 Å². The molecule has 0 N–H and O–H groups in total. The van der Waals surface area contributed by atoms with Gasteiger partial charge in [0.1, 0.15) is 11.3 Å². The number of para-hydroxylation sites is 2. The van der Waals surface area contributed by atoms with Gasteiger partial charge in [-0.3, -0.25) is 0 Å². The van der Waals surface area contributed by atoms with Gasteiger partial charge in [0.2, 0.25) is 0 Å². The molecular formula is C54H37NO. The van der Waals surface area contributed by atoms with Gasteiger partial charge in [-0.2, -0.15) is 0 Å². The van der Waals surface area contributed by atoms with Gasteiger partial charge >= 0.3 is 0 Å². The Morgan fingerprint density at radius 3 is 1.52 bits per heavy atom. The van der Waals surface area contributed by atoms with E-state index in [2.05, 4.69) is 223 Å². The minimum absolute atomic E-state index is 0.837. The number of fused-ring (bicyclic) bond motifs is 2. The van der Waals surface area contributed by atoms with Crippen LogP contribution in [0.3, 0.4) is 0 Å². The van der Waals surface area contributed by atoms with Crippen LogP contribution in [0.1, 0.15) is 0 Å². The lowest BCUT2D eigenvalue weighted by molar-refractivity contribution is 0.632. The molecule has 0 aliphatic rings. The topological polar surface area (TPSA) is 16.4 Å². The molecule has 9 aromatic carbocycles. The van der Waals surface area contributed by atoms with Crippen molar-refractivity contribution in [2.45, 2.75) is 0 Å². The van der Waals surface area contributed by atoms with E-state index < -0.39 is 0 Å². The van der Waals surface area contributed by atoms with E-state index in [1.807, 2.05) is 6.07 Å². The number of furan rings is 1. The van der Waals surface area contributed by atoms with E-state index in [1.54, 1.807) is 0 Å². The Morgan fingerprint density at radius 2 is 0.786 bits per heavy atom. The fourth-order valence-electron chi connectivity index (χ4n) is 8.06. The average molecular weight is 716 g/mol. The second kappa shape index (κ2) is 14.4. The first-order valence-corrected chi connectivity index (χ1v) is 19.1. The van der Waals surface area contributed by atoms with Crippen molar-refractivity contribution in [2.75, 3.05) is 4.90 Å². The Balaban J connectivity index is 1.17. The van der Waals surface area contributed by atoms with Gasteiger partial charge in [0.05, 0.1) is 5.69 Å². The molecule has 264 valence electrons. The number of rotatable bonds is 8. The first kappa shape index (κ1) is 33.2. The van der Waals surface area contributed by atoms with Crippen molar-refractivity contribution in [3.63, 3.8) is 0 Å². The zero-order chi connectivity index (χ0) is 37.3. The molecule has 2 nitrogen and oxygen atoms in total. The van der Waals surface area contributed by atoms with Crippen LogP contribution in [-0.4, -0.2) is 0 Å². The third-order valence-electron chi connectivity index (χ3n) is 10.7. The smallest absolute Gasteiger partial charge is 0.145 e. The van der Waals surface area contributed by atoms with Crippen molar-refractivity contribution in [3.8, 4) is 55.8 Å². The molecular weight excluding hydrogens is 679 g/mol. The van der Waals surface area contributed by atoms with Gasteiger partial charge in [-0.1, -0.05) is 182 Å². The summed E-state index contributed by atoms with van der Waals surface area (Å²) >= 11 is 0. The molecule has 0 fully saturated rings. The molecule has 0 atom stereocenters. The number of nitrogens with zero attached hydrogens (tertiary/aromatic N) is 1. The molecule has 0 radical (unpaired) electrons. The predicted molar refractivity (Wildman–Crippen MR) is 236 cm³/mol. The van der Waals surface area contributed by atoms with Crippen LogP contribution in [0.25, 0.3) is 77.6 Å². The minimum atomic E-state index is 0.837. The van der Waals surface area contributed by atoms with Crippen molar-refractivity contribution < 1.29 is 4.42 Å². The third-order valence-corrected chi connectivity index (χ3v) is 10.7. The van der Waals surface area contributed by atoms with Crippen LogP contribution in [0.5, 0.6) is 0 Å². The third kappa shape index (κ3) is 6.04. The van der Waals surface area contributed by atoms with Crippen LogP contribution in [-0.2, 0) is 0 Å². The SMILES string of the molecule is c1ccc(-c2ccc(N(c3ccc(-c4cccc5ccccc45)cc3)c3ccccc3-c3oc4ccccc4c3-c3ccccc3-c3ccccc3)cc2)cc1. The lowest BCUT2D eigenvalue weighted by atomic mass is 9.91. The Morgan fingerprint density at radius 1 is 0.304 bits per heavy atom. The van der Waals surface area contributed by atoms with E-state index in [0.29, 0.717) is 0 Å². The summed E-state index contributed by atoms with van der Waals surface area (Å²) in [5, 5.41) is 3.56. The predicted octanol–water partition coefficient (Wildman–Crippen LogP) is 15.4. The van der Waals surface area contributed by atoms with Crippen molar-refractivity contribution in [1.82, 2.24) is 0 Å². The molecule has 0 aliphatic carbocycles. The van der Waals surface area contributed by atoms with Gasteiger partial charge in [-0.15, -0.1) is 0 Å². The maximum atomic E-state index is 6.96. The molecule has 1 aromatic heterocycles. The molecule has 2 heteroatoms. The number of benzene rings is 9. The van der Waals surface area contributed by atoms with Gasteiger partial charge in [0, 0.05) is 27.9 Å². The van der Waals surface area contributed by atoms with Gasteiger partial charge < -0.3 is 9.32 Å². The maximum Gasteiger partial charge on any atom is 0.145 e. The first-order chi connectivity index (χ1) is 27.8. The van der Waals surface area contributed by atoms with E-state index in [0.717, 1.165) is 56.0 Å². The molecule has 1 heterocycles. The number of hydrogen-bond acceptors (Lipinski definition) is 2. The highest BCUT2D eigenvalue weighted by atomic mass is 16.3. The summed E-state index contributed by atoms with van der Waals surface area (Å²) in [6.45, 7) is 0. The van der Waals surface area contributed by atoms with Crippen molar-refractivity contribution >= 4 is 38.8 Å². The van der Waals surface area contributed by atoms with E-state index in [-0.39, 0.29) is 0 Å². The van der Waals surface area contributed by atoms with E-state index >= 15 is 0 Å². The monoisotopic (exact) mass is 715 g/mol. The zero-order valence-corrected chi connectivity index (χ0v) is 30.7. The highest BCUT2D eigenvalue weighted by Gasteiger charge is 2.25. The van der Waals surface area contributed by atoms with Crippen LogP contribution in [0.2, 0.25) is 0 Å².